The highest BCUT2D eigenvalue weighted by molar-refractivity contribution is 7.13. The smallest absolute Gasteiger partial charge is 0.255 e. The van der Waals surface area contributed by atoms with E-state index in [-0.39, 0.29) is 5.91 Å². The lowest BCUT2D eigenvalue weighted by Crippen LogP contribution is -2.37. The van der Waals surface area contributed by atoms with Gasteiger partial charge in [-0.15, -0.1) is 11.3 Å². The molecule has 1 aliphatic rings. The van der Waals surface area contributed by atoms with Gasteiger partial charge in [-0.2, -0.15) is 5.10 Å². The van der Waals surface area contributed by atoms with Crippen molar-refractivity contribution in [3.63, 3.8) is 0 Å². The molecular formula is C19H20N4OS. The molecule has 128 valence electrons. The number of carbonyl (C=O) groups is 1. The third kappa shape index (κ3) is 3.50. The van der Waals surface area contributed by atoms with Crippen LogP contribution < -0.4 is 10.6 Å². The van der Waals surface area contributed by atoms with Crippen LogP contribution in [0.25, 0.3) is 16.3 Å². The predicted molar refractivity (Wildman–Crippen MR) is 100 cm³/mol. The van der Waals surface area contributed by atoms with Gasteiger partial charge in [-0.25, -0.2) is 4.68 Å². The van der Waals surface area contributed by atoms with Crippen LogP contribution in [0.4, 0.5) is 0 Å². The van der Waals surface area contributed by atoms with Crippen LogP contribution in [-0.2, 0) is 0 Å². The van der Waals surface area contributed by atoms with E-state index in [0.29, 0.717) is 18.2 Å². The van der Waals surface area contributed by atoms with Crippen molar-refractivity contribution in [2.75, 3.05) is 13.1 Å². The number of para-hydroxylation sites is 1. The number of nitrogens with zero attached hydrogens (tertiary/aromatic N) is 2. The highest BCUT2D eigenvalue weighted by Gasteiger charge is 2.21. The number of aromatic nitrogens is 2. The van der Waals surface area contributed by atoms with Gasteiger partial charge in [-0.3, -0.25) is 4.79 Å². The van der Waals surface area contributed by atoms with Gasteiger partial charge in [-0.1, -0.05) is 24.3 Å². The molecule has 1 aliphatic heterocycles. The molecule has 4 rings (SSSR count). The molecule has 1 amide bonds. The van der Waals surface area contributed by atoms with Crippen molar-refractivity contribution in [2.24, 2.45) is 0 Å². The average Bonchev–Trinajstić information content (AvgIpc) is 3.41. The van der Waals surface area contributed by atoms with Crippen molar-refractivity contribution in [3.05, 3.63) is 59.6 Å². The van der Waals surface area contributed by atoms with E-state index in [1.165, 1.54) is 6.42 Å². The van der Waals surface area contributed by atoms with E-state index in [1.807, 2.05) is 54.0 Å². The summed E-state index contributed by atoms with van der Waals surface area (Å²) in [7, 11) is 0. The van der Waals surface area contributed by atoms with Crippen LogP contribution in [0.1, 0.15) is 23.2 Å². The number of carbonyl (C=O) groups excluding carboxylic acids is 1. The molecule has 25 heavy (non-hydrogen) atoms. The Hall–Kier alpha value is -2.44. The predicted octanol–water partition coefficient (Wildman–Crippen LogP) is 3.08. The van der Waals surface area contributed by atoms with E-state index in [2.05, 4.69) is 15.7 Å². The fourth-order valence-electron chi connectivity index (χ4n) is 3.09. The molecule has 0 radical (unpaired) electrons. The number of nitrogens with one attached hydrogen (secondary N) is 2. The third-order valence-corrected chi connectivity index (χ3v) is 5.28. The number of rotatable bonds is 5. The number of thiophene rings is 1. The lowest BCUT2D eigenvalue weighted by atomic mass is 10.2. The molecule has 0 spiro atoms. The number of hydrogen-bond acceptors (Lipinski definition) is 4. The minimum absolute atomic E-state index is 0.0701. The second kappa shape index (κ2) is 7.21. The van der Waals surface area contributed by atoms with Crippen molar-refractivity contribution >= 4 is 17.2 Å². The van der Waals surface area contributed by atoms with Gasteiger partial charge in [0, 0.05) is 18.8 Å². The van der Waals surface area contributed by atoms with Gasteiger partial charge in [-0.05, 0) is 43.0 Å². The molecule has 2 aromatic heterocycles. The Labute approximate surface area is 150 Å². The van der Waals surface area contributed by atoms with Crippen LogP contribution in [0.5, 0.6) is 0 Å². The summed E-state index contributed by atoms with van der Waals surface area (Å²) < 4.78 is 1.78. The molecular weight excluding hydrogens is 332 g/mol. The SMILES string of the molecule is O=C(NCC1CCCN1)c1cn(-c2ccccc2)nc1-c1cccs1. The van der Waals surface area contributed by atoms with Gasteiger partial charge in [0.15, 0.2) is 0 Å². The first-order chi connectivity index (χ1) is 12.3. The fraction of sp³-hybridized carbons (Fsp3) is 0.263. The Morgan fingerprint density at radius 1 is 1.28 bits per heavy atom. The minimum Gasteiger partial charge on any atom is -0.350 e. The maximum atomic E-state index is 12.8. The zero-order valence-corrected chi connectivity index (χ0v) is 14.6. The lowest BCUT2D eigenvalue weighted by molar-refractivity contribution is 0.0951. The van der Waals surface area contributed by atoms with E-state index < -0.39 is 0 Å². The molecule has 0 saturated carbocycles. The summed E-state index contributed by atoms with van der Waals surface area (Å²) in [5, 5.41) is 13.1. The quantitative estimate of drug-likeness (QED) is 0.742. The Morgan fingerprint density at radius 3 is 2.88 bits per heavy atom. The van der Waals surface area contributed by atoms with Gasteiger partial charge in [0.1, 0.15) is 5.69 Å². The molecule has 3 aromatic rings. The molecule has 5 nitrogen and oxygen atoms in total. The Morgan fingerprint density at radius 2 is 2.16 bits per heavy atom. The monoisotopic (exact) mass is 352 g/mol. The zero-order valence-electron chi connectivity index (χ0n) is 13.8. The highest BCUT2D eigenvalue weighted by Crippen LogP contribution is 2.27. The average molecular weight is 352 g/mol. The van der Waals surface area contributed by atoms with Gasteiger partial charge >= 0.3 is 0 Å². The number of hydrogen-bond donors (Lipinski definition) is 2. The molecule has 1 atom stereocenters. The first kappa shape index (κ1) is 16.1. The topological polar surface area (TPSA) is 59.0 Å². The molecule has 1 unspecified atom stereocenters. The van der Waals surface area contributed by atoms with Crippen molar-refractivity contribution in [1.82, 2.24) is 20.4 Å². The number of benzene rings is 1. The summed E-state index contributed by atoms with van der Waals surface area (Å²) in [5.41, 5.74) is 2.29. The molecule has 3 heterocycles. The first-order valence-electron chi connectivity index (χ1n) is 8.52. The van der Waals surface area contributed by atoms with Crippen molar-refractivity contribution in [3.8, 4) is 16.3 Å². The van der Waals surface area contributed by atoms with Crippen LogP contribution in [0.15, 0.2) is 54.0 Å². The highest BCUT2D eigenvalue weighted by atomic mass is 32.1. The Balaban J connectivity index is 1.62. The summed E-state index contributed by atoms with van der Waals surface area (Å²) in [6.07, 6.45) is 4.11. The normalized spacial score (nSPS) is 16.9. The summed E-state index contributed by atoms with van der Waals surface area (Å²) in [4.78, 5) is 13.8. The largest absolute Gasteiger partial charge is 0.350 e. The molecule has 1 fully saturated rings. The summed E-state index contributed by atoms with van der Waals surface area (Å²) >= 11 is 1.59. The van der Waals surface area contributed by atoms with E-state index in [0.717, 1.165) is 29.2 Å². The Kier molecular flexibility index (Phi) is 4.63. The van der Waals surface area contributed by atoms with Crippen LogP contribution >= 0.6 is 11.3 Å². The summed E-state index contributed by atoms with van der Waals surface area (Å²) in [6.45, 7) is 1.69. The molecule has 0 bridgehead atoms. The second-order valence-corrected chi connectivity index (χ2v) is 7.10. The molecule has 1 aromatic carbocycles. The van der Waals surface area contributed by atoms with Crippen LogP contribution in [0.3, 0.4) is 0 Å². The Bertz CT molecular complexity index is 836. The molecule has 0 aliphatic carbocycles. The van der Waals surface area contributed by atoms with E-state index in [4.69, 9.17) is 0 Å². The third-order valence-electron chi connectivity index (χ3n) is 4.41. The lowest BCUT2D eigenvalue weighted by Gasteiger charge is -2.11. The molecule has 6 heteroatoms. The van der Waals surface area contributed by atoms with Crippen molar-refractivity contribution < 1.29 is 4.79 Å². The standard InChI is InChI=1S/C19H20N4OS/c24-19(21-12-14-6-4-10-20-14)16-13-23(15-7-2-1-3-8-15)22-18(16)17-9-5-11-25-17/h1-3,5,7-9,11,13-14,20H,4,6,10,12H2,(H,21,24). The van der Waals surface area contributed by atoms with Crippen molar-refractivity contribution in [2.45, 2.75) is 18.9 Å². The van der Waals surface area contributed by atoms with E-state index >= 15 is 0 Å². The van der Waals surface area contributed by atoms with E-state index in [1.54, 1.807) is 16.0 Å². The van der Waals surface area contributed by atoms with Crippen LogP contribution in [-0.4, -0.2) is 34.8 Å². The van der Waals surface area contributed by atoms with Gasteiger partial charge in [0.2, 0.25) is 0 Å². The maximum Gasteiger partial charge on any atom is 0.255 e. The summed E-state index contributed by atoms with van der Waals surface area (Å²) in [5.74, 6) is -0.0701. The molecule has 2 N–H and O–H groups in total. The fourth-order valence-corrected chi connectivity index (χ4v) is 3.81. The van der Waals surface area contributed by atoms with Crippen LogP contribution in [0.2, 0.25) is 0 Å². The summed E-state index contributed by atoms with van der Waals surface area (Å²) in [6, 6.07) is 14.2. The minimum atomic E-state index is -0.0701. The number of amides is 1. The van der Waals surface area contributed by atoms with Gasteiger partial charge in [0.05, 0.1) is 16.1 Å². The van der Waals surface area contributed by atoms with Crippen molar-refractivity contribution in [1.29, 1.82) is 0 Å². The zero-order chi connectivity index (χ0) is 17.1. The maximum absolute atomic E-state index is 12.8. The first-order valence-corrected chi connectivity index (χ1v) is 9.40. The van der Waals surface area contributed by atoms with Crippen LogP contribution in [0, 0.1) is 0 Å². The van der Waals surface area contributed by atoms with Gasteiger partial charge < -0.3 is 10.6 Å². The van der Waals surface area contributed by atoms with E-state index in [9.17, 15) is 4.79 Å². The van der Waals surface area contributed by atoms with Gasteiger partial charge in [0.25, 0.3) is 5.91 Å². The second-order valence-electron chi connectivity index (χ2n) is 6.15. The molecule has 1 saturated heterocycles.